The van der Waals surface area contributed by atoms with Gasteiger partial charge in [-0.1, -0.05) is 6.42 Å². The van der Waals surface area contributed by atoms with Crippen LogP contribution >= 0.6 is 0 Å². The summed E-state index contributed by atoms with van der Waals surface area (Å²) in [7, 11) is 1.99. The minimum atomic E-state index is 0.873. The number of hydrogen-bond donors (Lipinski definition) is 1. The van der Waals surface area contributed by atoms with Crippen molar-refractivity contribution in [3.63, 3.8) is 0 Å². The van der Waals surface area contributed by atoms with E-state index in [1.165, 1.54) is 19.3 Å². The molecule has 0 aliphatic rings. The fraction of sp³-hybridized carbons (Fsp3) is 0.800. The second-order valence-electron chi connectivity index (χ2n) is 3.59. The summed E-state index contributed by atoms with van der Waals surface area (Å²) < 4.78 is 1.99. The molecule has 80 valence electrons. The van der Waals surface area contributed by atoms with Crippen molar-refractivity contribution in [1.29, 1.82) is 0 Å². The summed E-state index contributed by atoms with van der Waals surface area (Å²) in [6.07, 6.45) is 3.67. The Hall–Kier alpha value is -0.900. The van der Waals surface area contributed by atoms with Crippen molar-refractivity contribution in [2.24, 2.45) is 0 Å². The van der Waals surface area contributed by atoms with Gasteiger partial charge in [0.05, 0.1) is 0 Å². The van der Waals surface area contributed by atoms with E-state index in [1.54, 1.807) is 0 Å². The zero-order valence-corrected chi connectivity index (χ0v) is 9.38. The quantitative estimate of drug-likeness (QED) is 0.697. The summed E-state index contributed by atoms with van der Waals surface area (Å²) in [4.78, 5) is 4.27. The first-order valence-corrected chi connectivity index (χ1v) is 5.26. The molecule has 1 N–H and O–H groups in total. The Balaban J connectivity index is 2.21. The zero-order valence-electron chi connectivity index (χ0n) is 9.38. The van der Waals surface area contributed by atoms with Crippen LogP contribution in [0, 0.1) is 13.8 Å². The summed E-state index contributed by atoms with van der Waals surface area (Å²) in [5, 5.41) is 7.47. The molecule has 14 heavy (non-hydrogen) atoms. The van der Waals surface area contributed by atoms with Gasteiger partial charge in [0.25, 0.3) is 0 Å². The van der Waals surface area contributed by atoms with Gasteiger partial charge in [-0.15, -0.1) is 0 Å². The van der Waals surface area contributed by atoms with Crippen LogP contribution in [0.3, 0.4) is 0 Å². The molecule has 0 aliphatic carbocycles. The Bertz CT molecular complexity index is 267. The highest BCUT2D eigenvalue weighted by Crippen LogP contribution is 2.01. The molecule has 4 heteroatoms. The fourth-order valence-electron chi connectivity index (χ4n) is 1.51. The maximum absolute atomic E-state index is 4.32. The second-order valence-corrected chi connectivity index (χ2v) is 3.59. The van der Waals surface area contributed by atoms with Crippen LogP contribution in [0.15, 0.2) is 0 Å². The Kier molecular flexibility index (Phi) is 4.59. The van der Waals surface area contributed by atoms with Crippen molar-refractivity contribution in [3.05, 3.63) is 11.6 Å². The monoisotopic (exact) mass is 196 g/mol. The first kappa shape index (κ1) is 11.2. The lowest BCUT2D eigenvalue weighted by Crippen LogP contribution is -2.08. The van der Waals surface area contributed by atoms with E-state index in [0.29, 0.717) is 0 Å². The molecule has 0 unspecified atom stereocenters. The molecule has 0 amide bonds. The minimum absolute atomic E-state index is 0.873. The van der Waals surface area contributed by atoms with Gasteiger partial charge >= 0.3 is 0 Å². The van der Waals surface area contributed by atoms with Crippen LogP contribution in [-0.4, -0.2) is 28.4 Å². The molecule has 0 fully saturated rings. The van der Waals surface area contributed by atoms with Crippen LogP contribution in [0.2, 0.25) is 0 Å². The molecule has 1 heterocycles. The van der Waals surface area contributed by atoms with Crippen LogP contribution in [0.25, 0.3) is 0 Å². The van der Waals surface area contributed by atoms with E-state index in [1.807, 2.05) is 25.6 Å². The van der Waals surface area contributed by atoms with Gasteiger partial charge in [0.2, 0.25) is 0 Å². The molecule has 0 aliphatic heterocycles. The summed E-state index contributed by atoms with van der Waals surface area (Å²) in [5.74, 6) is 1.90. The van der Waals surface area contributed by atoms with E-state index >= 15 is 0 Å². The van der Waals surface area contributed by atoms with Gasteiger partial charge in [-0.05, 0) is 40.3 Å². The zero-order chi connectivity index (χ0) is 10.4. The maximum atomic E-state index is 4.32. The Morgan fingerprint density at radius 1 is 1.21 bits per heavy atom. The standard InChI is InChI=1S/C10H20N4/c1-9-12-10(2)14(13-9)8-6-4-5-7-11-3/h11H,4-8H2,1-3H3. The van der Waals surface area contributed by atoms with Gasteiger partial charge in [-0.2, -0.15) is 5.10 Å². The summed E-state index contributed by atoms with van der Waals surface area (Å²) >= 11 is 0. The molecule has 0 spiro atoms. The van der Waals surface area contributed by atoms with Crippen LogP contribution in [0.1, 0.15) is 30.9 Å². The van der Waals surface area contributed by atoms with Crippen molar-refractivity contribution in [2.75, 3.05) is 13.6 Å². The number of aryl methyl sites for hydroxylation is 3. The number of unbranched alkanes of at least 4 members (excludes halogenated alkanes) is 2. The molecule has 0 atom stereocenters. The van der Waals surface area contributed by atoms with Gasteiger partial charge < -0.3 is 5.32 Å². The fourth-order valence-corrected chi connectivity index (χ4v) is 1.51. The number of hydrogen-bond acceptors (Lipinski definition) is 3. The number of nitrogens with zero attached hydrogens (tertiary/aromatic N) is 3. The highest BCUT2D eigenvalue weighted by atomic mass is 15.3. The van der Waals surface area contributed by atoms with Gasteiger partial charge in [0.1, 0.15) is 11.6 Å². The van der Waals surface area contributed by atoms with Gasteiger partial charge in [0.15, 0.2) is 0 Å². The molecule has 0 saturated carbocycles. The summed E-state index contributed by atoms with van der Waals surface area (Å²) in [5.41, 5.74) is 0. The third-order valence-electron chi connectivity index (χ3n) is 2.26. The highest BCUT2D eigenvalue weighted by molar-refractivity contribution is 4.87. The topological polar surface area (TPSA) is 42.7 Å². The van der Waals surface area contributed by atoms with Crippen LogP contribution in [0.4, 0.5) is 0 Å². The predicted molar refractivity (Wildman–Crippen MR) is 57.3 cm³/mol. The molecule has 1 rings (SSSR count). The lowest BCUT2D eigenvalue weighted by atomic mass is 10.2. The summed E-state index contributed by atoms with van der Waals surface area (Å²) in [6.45, 7) is 6.05. The Morgan fingerprint density at radius 3 is 2.57 bits per heavy atom. The van der Waals surface area contributed by atoms with Crippen molar-refractivity contribution < 1.29 is 0 Å². The van der Waals surface area contributed by atoms with Gasteiger partial charge in [0, 0.05) is 6.54 Å². The van der Waals surface area contributed by atoms with Gasteiger partial charge in [-0.25, -0.2) is 4.98 Å². The SMILES string of the molecule is CNCCCCCn1nc(C)nc1C. The number of nitrogens with one attached hydrogen (secondary N) is 1. The predicted octanol–water partition coefficient (Wildman–Crippen LogP) is 1.28. The average molecular weight is 196 g/mol. The Morgan fingerprint density at radius 2 is 2.00 bits per heavy atom. The van der Waals surface area contributed by atoms with Crippen molar-refractivity contribution in [3.8, 4) is 0 Å². The molecular weight excluding hydrogens is 176 g/mol. The smallest absolute Gasteiger partial charge is 0.147 e. The van der Waals surface area contributed by atoms with Crippen molar-refractivity contribution >= 4 is 0 Å². The lowest BCUT2D eigenvalue weighted by Gasteiger charge is -2.02. The normalized spacial score (nSPS) is 10.8. The molecular formula is C10H20N4. The van der Waals surface area contributed by atoms with Crippen LogP contribution in [-0.2, 0) is 6.54 Å². The first-order chi connectivity index (χ1) is 6.74. The number of rotatable bonds is 6. The minimum Gasteiger partial charge on any atom is -0.320 e. The van der Waals surface area contributed by atoms with E-state index in [0.717, 1.165) is 24.7 Å². The molecule has 0 radical (unpaired) electrons. The van der Waals surface area contributed by atoms with E-state index in [9.17, 15) is 0 Å². The third kappa shape index (κ3) is 3.46. The molecule has 1 aromatic rings. The van der Waals surface area contributed by atoms with Crippen LogP contribution < -0.4 is 5.32 Å². The molecule has 0 saturated heterocycles. The second kappa shape index (κ2) is 5.75. The average Bonchev–Trinajstić information content (AvgIpc) is 2.45. The molecule has 4 nitrogen and oxygen atoms in total. The van der Waals surface area contributed by atoms with Crippen molar-refractivity contribution in [1.82, 2.24) is 20.1 Å². The maximum Gasteiger partial charge on any atom is 0.147 e. The molecule has 0 aromatic carbocycles. The van der Waals surface area contributed by atoms with Crippen molar-refractivity contribution in [2.45, 2.75) is 39.7 Å². The van der Waals surface area contributed by atoms with E-state index in [2.05, 4.69) is 15.4 Å². The Labute approximate surface area is 85.7 Å². The third-order valence-corrected chi connectivity index (χ3v) is 2.26. The first-order valence-electron chi connectivity index (χ1n) is 5.26. The largest absolute Gasteiger partial charge is 0.320 e. The summed E-state index contributed by atoms with van der Waals surface area (Å²) in [6, 6.07) is 0. The van der Waals surface area contributed by atoms with E-state index < -0.39 is 0 Å². The van der Waals surface area contributed by atoms with E-state index in [4.69, 9.17) is 0 Å². The van der Waals surface area contributed by atoms with Gasteiger partial charge in [-0.3, -0.25) is 4.68 Å². The highest BCUT2D eigenvalue weighted by Gasteiger charge is 2.00. The van der Waals surface area contributed by atoms with E-state index in [-0.39, 0.29) is 0 Å². The lowest BCUT2D eigenvalue weighted by molar-refractivity contribution is 0.525. The molecule has 0 bridgehead atoms. The number of aromatic nitrogens is 3. The van der Waals surface area contributed by atoms with Crippen LogP contribution in [0.5, 0.6) is 0 Å². The molecule has 1 aromatic heterocycles.